The fraction of sp³-hybridized carbons (Fsp3) is 0.481. The molecule has 35 heavy (non-hydrogen) atoms. The quantitative estimate of drug-likeness (QED) is 0.396. The zero-order valence-electron chi connectivity index (χ0n) is 20.7. The molecule has 0 spiro atoms. The Bertz CT molecular complexity index is 1010. The van der Waals surface area contributed by atoms with E-state index in [0.717, 1.165) is 44.5 Å². The first kappa shape index (κ1) is 27.3. The summed E-state index contributed by atoms with van der Waals surface area (Å²) in [6.45, 7) is 9.05. The van der Waals surface area contributed by atoms with Crippen LogP contribution in [0.25, 0.3) is 0 Å². The maximum atomic E-state index is 12.7. The molecule has 6 nitrogen and oxygen atoms in total. The summed E-state index contributed by atoms with van der Waals surface area (Å²) in [7, 11) is 0. The zero-order valence-corrected chi connectivity index (χ0v) is 22.3. The van der Waals surface area contributed by atoms with E-state index in [0.29, 0.717) is 34.1 Å². The molecule has 3 rings (SSSR count). The number of nitrogens with one attached hydrogen (secondary N) is 3. The first-order valence-corrected chi connectivity index (χ1v) is 13.0. The van der Waals surface area contributed by atoms with Crippen molar-refractivity contribution in [1.29, 1.82) is 0 Å². The Labute approximate surface area is 218 Å². The van der Waals surface area contributed by atoms with Gasteiger partial charge in [-0.2, -0.15) is 0 Å². The highest BCUT2D eigenvalue weighted by Gasteiger charge is 2.24. The Morgan fingerprint density at radius 2 is 1.77 bits per heavy atom. The van der Waals surface area contributed by atoms with Gasteiger partial charge in [0.15, 0.2) is 0 Å². The lowest BCUT2D eigenvalue weighted by Gasteiger charge is -2.35. The second-order valence-electron chi connectivity index (χ2n) is 9.76. The highest BCUT2D eigenvalue weighted by molar-refractivity contribution is 6.42. The number of rotatable bonds is 9. The van der Waals surface area contributed by atoms with Gasteiger partial charge >= 0.3 is 6.03 Å². The summed E-state index contributed by atoms with van der Waals surface area (Å²) in [5.41, 5.74) is 2.87. The minimum atomic E-state index is -0.213. The number of piperidine rings is 1. The van der Waals surface area contributed by atoms with Crippen molar-refractivity contribution >= 4 is 40.8 Å². The molecule has 1 heterocycles. The molecule has 2 aromatic rings. The van der Waals surface area contributed by atoms with Gasteiger partial charge in [0.25, 0.3) is 0 Å². The summed E-state index contributed by atoms with van der Waals surface area (Å²) in [6, 6.07) is 13.3. The third-order valence-electron chi connectivity index (χ3n) is 6.52. The third kappa shape index (κ3) is 9.02. The second kappa shape index (κ2) is 13.1. The molecule has 0 saturated carbocycles. The highest BCUT2D eigenvalue weighted by Crippen LogP contribution is 2.27. The number of nitrogens with zero attached hydrogens (tertiary/aromatic N) is 1. The standard InChI is InChI=1S/C27H36Cl2N4O2/c1-18(2)26(32-27(35)31-23-6-4-5-22(14-23)16-30-19(3)34)17-33-11-9-20(10-12-33)13-21-7-8-24(28)25(29)15-21/h4-8,14-15,18,20,26H,9-13,16-17H2,1-3H3,(H,30,34)(H2,31,32,35). The van der Waals surface area contributed by atoms with Gasteiger partial charge in [0.05, 0.1) is 10.0 Å². The fourth-order valence-electron chi connectivity index (χ4n) is 4.40. The number of hydrogen-bond acceptors (Lipinski definition) is 3. The molecule has 1 atom stereocenters. The minimum Gasteiger partial charge on any atom is -0.352 e. The van der Waals surface area contributed by atoms with Crippen molar-refractivity contribution in [1.82, 2.24) is 15.5 Å². The Morgan fingerprint density at radius 3 is 2.43 bits per heavy atom. The molecule has 0 bridgehead atoms. The summed E-state index contributed by atoms with van der Waals surface area (Å²) in [5.74, 6) is 0.849. The van der Waals surface area contributed by atoms with Crippen LogP contribution in [0.1, 0.15) is 44.7 Å². The molecule has 1 aliphatic rings. The number of benzene rings is 2. The van der Waals surface area contributed by atoms with Crippen molar-refractivity contribution in [2.45, 2.75) is 52.6 Å². The summed E-state index contributed by atoms with van der Waals surface area (Å²) >= 11 is 12.2. The topological polar surface area (TPSA) is 73.5 Å². The smallest absolute Gasteiger partial charge is 0.319 e. The Hall–Kier alpha value is -2.28. The number of likely N-dealkylation sites (tertiary alicyclic amines) is 1. The SMILES string of the molecule is CC(=O)NCc1cccc(NC(=O)NC(CN2CCC(Cc3ccc(Cl)c(Cl)c3)CC2)C(C)C)c1. The Balaban J connectivity index is 1.47. The average Bonchev–Trinajstić information content (AvgIpc) is 2.81. The van der Waals surface area contributed by atoms with Crippen molar-refractivity contribution in [2.75, 3.05) is 25.0 Å². The fourth-order valence-corrected chi connectivity index (χ4v) is 4.72. The van der Waals surface area contributed by atoms with Gasteiger partial charge in [0, 0.05) is 31.7 Å². The summed E-state index contributed by atoms with van der Waals surface area (Å²) in [4.78, 5) is 26.3. The monoisotopic (exact) mass is 518 g/mol. The van der Waals surface area contributed by atoms with Crippen LogP contribution < -0.4 is 16.0 Å². The molecule has 3 N–H and O–H groups in total. The Kier molecular flexibility index (Phi) is 10.3. The van der Waals surface area contributed by atoms with Crippen LogP contribution in [-0.4, -0.2) is 42.5 Å². The van der Waals surface area contributed by atoms with E-state index < -0.39 is 0 Å². The number of carbonyl (C=O) groups excluding carboxylic acids is 2. The summed E-state index contributed by atoms with van der Waals surface area (Å²) in [5, 5.41) is 10.1. The van der Waals surface area contributed by atoms with Crippen molar-refractivity contribution in [2.24, 2.45) is 11.8 Å². The van der Waals surface area contributed by atoms with E-state index in [9.17, 15) is 9.59 Å². The van der Waals surface area contributed by atoms with E-state index in [1.165, 1.54) is 12.5 Å². The number of anilines is 1. The van der Waals surface area contributed by atoms with E-state index in [1.807, 2.05) is 36.4 Å². The molecule has 1 aliphatic heterocycles. The van der Waals surface area contributed by atoms with Crippen LogP contribution >= 0.6 is 23.2 Å². The van der Waals surface area contributed by atoms with Crippen LogP contribution in [0.15, 0.2) is 42.5 Å². The van der Waals surface area contributed by atoms with Gasteiger partial charge < -0.3 is 20.9 Å². The minimum absolute atomic E-state index is 0.0455. The lowest BCUT2D eigenvalue weighted by Crippen LogP contribution is -2.49. The molecule has 8 heteroatoms. The number of carbonyl (C=O) groups is 2. The maximum absolute atomic E-state index is 12.7. The predicted octanol–water partition coefficient (Wildman–Crippen LogP) is 5.73. The number of urea groups is 1. The van der Waals surface area contributed by atoms with Gasteiger partial charge in [-0.1, -0.05) is 55.2 Å². The molecule has 190 valence electrons. The van der Waals surface area contributed by atoms with E-state index in [4.69, 9.17) is 23.2 Å². The van der Waals surface area contributed by atoms with E-state index in [2.05, 4.69) is 40.8 Å². The number of halogens is 2. The van der Waals surface area contributed by atoms with Crippen molar-refractivity contribution < 1.29 is 9.59 Å². The third-order valence-corrected chi connectivity index (χ3v) is 7.26. The van der Waals surface area contributed by atoms with Crippen LogP contribution in [0.4, 0.5) is 10.5 Å². The van der Waals surface area contributed by atoms with Crippen molar-refractivity contribution in [3.63, 3.8) is 0 Å². The summed E-state index contributed by atoms with van der Waals surface area (Å²) < 4.78 is 0. The van der Waals surface area contributed by atoms with Gasteiger partial charge in [-0.05, 0) is 79.6 Å². The van der Waals surface area contributed by atoms with Crippen molar-refractivity contribution in [3.8, 4) is 0 Å². The maximum Gasteiger partial charge on any atom is 0.319 e. The largest absolute Gasteiger partial charge is 0.352 e. The predicted molar refractivity (Wildman–Crippen MR) is 144 cm³/mol. The van der Waals surface area contributed by atoms with Crippen LogP contribution in [0.3, 0.4) is 0 Å². The molecule has 1 fully saturated rings. The second-order valence-corrected chi connectivity index (χ2v) is 10.6. The molecule has 0 aromatic heterocycles. The first-order chi connectivity index (χ1) is 16.7. The lowest BCUT2D eigenvalue weighted by atomic mass is 9.89. The molecule has 1 saturated heterocycles. The van der Waals surface area contributed by atoms with E-state index in [-0.39, 0.29) is 18.0 Å². The summed E-state index contributed by atoms with van der Waals surface area (Å²) in [6.07, 6.45) is 3.26. The van der Waals surface area contributed by atoms with Crippen LogP contribution in [0.5, 0.6) is 0 Å². The van der Waals surface area contributed by atoms with Crippen molar-refractivity contribution in [3.05, 3.63) is 63.6 Å². The molecule has 2 aromatic carbocycles. The molecular formula is C27H36Cl2N4O2. The normalized spacial score (nSPS) is 15.6. The highest BCUT2D eigenvalue weighted by atomic mass is 35.5. The van der Waals surface area contributed by atoms with Gasteiger partial charge in [-0.3, -0.25) is 4.79 Å². The molecule has 3 amide bonds. The van der Waals surface area contributed by atoms with Gasteiger partial charge in [-0.25, -0.2) is 4.79 Å². The number of amides is 3. The lowest BCUT2D eigenvalue weighted by molar-refractivity contribution is -0.119. The van der Waals surface area contributed by atoms with E-state index >= 15 is 0 Å². The molecular weight excluding hydrogens is 483 g/mol. The van der Waals surface area contributed by atoms with Gasteiger partial charge in [0.1, 0.15) is 0 Å². The van der Waals surface area contributed by atoms with E-state index in [1.54, 1.807) is 0 Å². The van der Waals surface area contributed by atoms with Gasteiger partial charge in [0.2, 0.25) is 5.91 Å². The molecule has 0 radical (unpaired) electrons. The van der Waals surface area contributed by atoms with Crippen LogP contribution in [-0.2, 0) is 17.8 Å². The zero-order chi connectivity index (χ0) is 25.4. The first-order valence-electron chi connectivity index (χ1n) is 12.3. The Morgan fingerprint density at radius 1 is 1.03 bits per heavy atom. The van der Waals surface area contributed by atoms with Crippen LogP contribution in [0, 0.1) is 11.8 Å². The molecule has 0 aliphatic carbocycles. The van der Waals surface area contributed by atoms with Crippen LogP contribution in [0.2, 0.25) is 10.0 Å². The molecule has 1 unspecified atom stereocenters. The van der Waals surface area contributed by atoms with Gasteiger partial charge in [-0.15, -0.1) is 0 Å². The average molecular weight is 520 g/mol. The number of hydrogen-bond donors (Lipinski definition) is 3.